The van der Waals surface area contributed by atoms with Crippen molar-refractivity contribution in [3.8, 4) is 6.07 Å². The molecule has 4 aliphatic heterocycles. The summed E-state index contributed by atoms with van der Waals surface area (Å²) in [4.78, 5) is 61.0. The molecule has 69 heavy (non-hydrogen) atoms. The van der Waals surface area contributed by atoms with Gasteiger partial charge >= 0.3 is 16.2 Å². The number of carbonyl (C=O) groups excluding carboxylic acids is 3. The lowest BCUT2D eigenvalue weighted by Crippen LogP contribution is -2.51. The second-order valence-corrected chi connectivity index (χ2v) is 19.8. The number of rotatable bonds is 11. The Balaban J connectivity index is 0.825. The van der Waals surface area contributed by atoms with Crippen LogP contribution in [-0.4, -0.2) is 124 Å². The van der Waals surface area contributed by atoms with E-state index < -0.39 is 79.0 Å². The molecule has 364 valence electrons. The second kappa shape index (κ2) is 17.9. The van der Waals surface area contributed by atoms with E-state index in [1.807, 2.05) is 4.90 Å². The lowest BCUT2D eigenvalue weighted by Gasteiger charge is -2.42. The van der Waals surface area contributed by atoms with Crippen molar-refractivity contribution < 1.29 is 45.8 Å². The fourth-order valence-corrected chi connectivity index (χ4v) is 10.6. The highest BCUT2D eigenvalue weighted by Gasteiger charge is 2.46. The molecule has 9 rings (SSSR count). The van der Waals surface area contributed by atoms with Gasteiger partial charge in [-0.05, 0) is 68.5 Å². The highest BCUT2D eigenvalue weighted by atomic mass is 32.2. The number of nitriles is 1. The average molecular weight is 975 g/mol. The topological polar surface area (TPSA) is 240 Å². The third-order valence-electron chi connectivity index (χ3n) is 13.8. The molecule has 6 heterocycles. The van der Waals surface area contributed by atoms with Crippen molar-refractivity contribution in [3.63, 3.8) is 0 Å². The van der Waals surface area contributed by atoms with Gasteiger partial charge < -0.3 is 25.0 Å². The normalized spacial score (nSPS) is 19.4. The smallest absolute Gasteiger partial charge is 0.329 e. The van der Waals surface area contributed by atoms with Crippen LogP contribution in [0.1, 0.15) is 63.5 Å². The molecule has 3 aromatic carbocycles. The van der Waals surface area contributed by atoms with Gasteiger partial charge in [0, 0.05) is 65.2 Å². The van der Waals surface area contributed by atoms with Gasteiger partial charge in [0.25, 0.3) is 5.56 Å². The van der Waals surface area contributed by atoms with Crippen molar-refractivity contribution in [1.29, 1.82) is 5.26 Å². The molecule has 1 atom stereocenters. The van der Waals surface area contributed by atoms with Crippen LogP contribution in [0.4, 0.5) is 46.5 Å². The SMILES string of the molecule is CCN(C)S(=O)(=O)Nc1ccc(F)c(Nc2ccc3ncn([C@H]4COC5(CCN(C(=O)CC6(O)CCN(c7cc8c(cc7F)c(N7CCC(=O)NC7=O)nn8C)CC6)CC5)C4)c(=O)c3c2F)c1C#N. The first-order valence-electron chi connectivity index (χ1n) is 22.4. The predicted octanol–water partition coefficient (Wildman–Crippen LogP) is 4.11. The first-order chi connectivity index (χ1) is 32.8. The van der Waals surface area contributed by atoms with Crippen LogP contribution in [0.3, 0.4) is 0 Å². The number of fused-ring (bicyclic) bond motifs is 2. The summed E-state index contributed by atoms with van der Waals surface area (Å²) >= 11 is 0. The molecule has 0 radical (unpaired) electrons. The number of aromatic nitrogens is 4. The summed E-state index contributed by atoms with van der Waals surface area (Å²) in [6.07, 6.45) is 2.93. The highest BCUT2D eigenvalue weighted by Crippen LogP contribution is 2.42. The Hall–Kier alpha value is -6.81. The molecule has 2 aromatic heterocycles. The second-order valence-electron chi connectivity index (χ2n) is 18.0. The lowest BCUT2D eigenvalue weighted by atomic mass is 9.85. The third kappa shape index (κ3) is 8.79. The number of nitrogens with zero attached hydrogens (tertiary/aromatic N) is 9. The van der Waals surface area contributed by atoms with Crippen LogP contribution in [-0.2, 0) is 31.6 Å². The molecule has 20 nitrogen and oxygen atoms in total. The summed E-state index contributed by atoms with van der Waals surface area (Å²) in [5.41, 5.74) is -3.40. The molecular formula is C45H49F3N12O8S. The van der Waals surface area contributed by atoms with Gasteiger partial charge in [-0.3, -0.25) is 38.6 Å². The van der Waals surface area contributed by atoms with Gasteiger partial charge in [0.05, 0.1) is 70.4 Å². The number of aliphatic hydroxyl groups is 1. The molecule has 4 N–H and O–H groups in total. The number of hydrogen-bond donors (Lipinski definition) is 4. The number of urea groups is 1. The van der Waals surface area contributed by atoms with Crippen molar-refractivity contribution in [2.45, 2.75) is 69.1 Å². The number of piperidine rings is 2. The molecule has 4 saturated heterocycles. The number of aryl methyl sites for hydroxylation is 1. The molecule has 5 aromatic rings. The molecule has 0 saturated carbocycles. The van der Waals surface area contributed by atoms with E-state index in [1.165, 1.54) is 41.0 Å². The Kier molecular flexibility index (Phi) is 12.3. The number of anilines is 5. The lowest BCUT2D eigenvalue weighted by molar-refractivity contribution is -0.142. The van der Waals surface area contributed by atoms with Crippen LogP contribution in [0.5, 0.6) is 0 Å². The molecule has 0 unspecified atom stereocenters. The van der Waals surface area contributed by atoms with Gasteiger partial charge in [-0.2, -0.15) is 23.1 Å². The van der Waals surface area contributed by atoms with Gasteiger partial charge in [-0.15, -0.1) is 0 Å². The monoisotopic (exact) mass is 974 g/mol. The first-order valence-corrected chi connectivity index (χ1v) is 23.9. The summed E-state index contributed by atoms with van der Waals surface area (Å²) in [6, 6.07) is 8.16. The van der Waals surface area contributed by atoms with E-state index in [1.54, 1.807) is 35.7 Å². The Morgan fingerprint density at radius 1 is 1.03 bits per heavy atom. The van der Waals surface area contributed by atoms with E-state index in [0.29, 0.717) is 48.9 Å². The maximum atomic E-state index is 16.3. The van der Waals surface area contributed by atoms with Gasteiger partial charge in [-0.25, -0.2) is 22.9 Å². The number of benzene rings is 3. The summed E-state index contributed by atoms with van der Waals surface area (Å²) in [6.45, 7) is 3.13. The van der Waals surface area contributed by atoms with E-state index in [2.05, 4.69) is 25.4 Å². The van der Waals surface area contributed by atoms with Crippen LogP contribution in [0.25, 0.3) is 21.8 Å². The number of ether oxygens (including phenoxy) is 1. The van der Waals surface area contributed by atoms with Crippen LogP contribution in [0.15, 0.2) is 47.5 Å². The van der Waals surface area contributed by atoms with E-state index >= 15 is 13.2 Å². The Morgan fingerprint density at radius 3 is 2.45 bits per heavy atom. The van der Waals surface area contributed by atoms with E-state index in [9.17, 15) is 38.0 Å². The van der Waals surface area contributed by atoms with E-state index in [-0.39, 0.29) is 87.1 Å². The van der Waals surface area contributed by atoms with Gasteiger partial charge in [0.15, 0.2) is 11.6 Å². The Morgan fingerprint density at radius 2 is 1.75 bits per heavy atom. The number of hydrogen-bond acceptors (Lipinski definition) is 13. The Bertz CT molecular complexity index is 3140. The molecule has 4 fully saturated rings. The van der Waals surface area contributed by atoms with E-state index in [0.717, 1.165) is 16.4 Å². The summed E-state index contributed by atoms with van der Waals surface area (Å²) in [5.74, 6) is -2.97. The number of amides is 4. The van der Waals surface area contributed by atoms with Crippen molar-refractivity contribution in [3.05, 3.63) is 76.1 Å². The zero-order chi connectivity index (χ0) is 49.2. The molecule has 1 spiro atoms. The van der Waals surface area contributed by atoms with Crippen molar-refractivity contribution in [2.24, 2.45) is 7.05 Å². The fourth-order valence-electron chi connectivity index (χ4n) is 9.66. The number of nitrogens with one attached hydrogen (secondary N) is 3. The van der Waals surface area contributed by atoms with Gasteiger partial charge in [-0.1, -0.05) is 6.92 Å². The minimum absolute atomic E-state index is 0.0242. The van der Waals surface area contributed by atoms with Crippen LogP contribution in [0, 0.1) is 28.8 Å². The quantitative estimate of drug-likeness (QED) is 0.146. The van der Waals surface area contributed by atoms with Gasteiger partial charge in [0.2, 0.25) is 11.8 Å². The minimum Gasteiger partial charge on any atom is -0.389 e. The number of imide groups is 1. The molecular weight excluding hydrogens is 926 g/mol. The molecule has 0 aliphatic carbocycles. The number of likely N-dealkylation sites (tertiary alicyclic amines) is 1. The molecule has 0 bridgehead atoms. The minimum atomic E-state index is -4.10. The standard InChI is InChI=1S/C45H49F3N12O8S/c1-4-55(2)69(66,67)54-31-6-5-29(46)40(28(31)23-49)51-33-8-7-32-38(39(33)48)42(63)60(25-50-32)26-21-45(68-24-26)12-17-58(18-13-45)37(62)22-44(65)10-15-57(16-11-44)35-20-34-27(19-30(35)47)41(53-56(34)3)59-14-9-36(61)52-43(59)64/h5-8,19-20,25-26,51,54,65H,4,9-18,21-22,24H2,1-3H3,(H,52,61,64)/t26-/m1/s1. The van der Waals surface area contributed by atoms with Crippen LogP contribution in [0.2, 0.25) is 0 Å². The summed E-state index contributed by atoms with van der Waals surface area (Å²) in [5, 5.41) is 30.8. The van der Waals surface area contributed by atoms with Crippen LogP contribution < -0.4 is 30.7 Å². The zero-order valence-corrected chi connectivity index (χ0v) is 38.7. The fraction of sp³-hybridized carbons (Fsp3) is 0.444. The number of halogens is 3. The summed E-state index contributed by atoms with van der Waals surface area (Å²) in [7, 11) is -1.11. The Labute approximate surface area is 393 Å². The summed E-state index contributed by atoms with van der Waals surface area (Å²) < 4.78 is 85.1. The average Bonchev–Trinajstić information content (AvgIpc) is 3.87. The van der Waals surface area contributed by atoms with Crippen molar-refractivity contribution >= 4 is 78.4 Å². The maximum Gasteiger partial charge on any atom is 0.329 e. The van der Waals surface area contributed by atoms with Crippen LogP contribution >= 0.6 is 0 Å². The van der Waals surface area contributed by atoms with Crippen molar-refractivity contribution in [1.82, 2.24) is 33.9 Å². The molecule has 4 amide bonds. The third-order valence-corrected chi connectivity index (χ3v) is 15.4. The van der Waals surface area contributed by atoms with Gasteiger partial charge in [0.1, 0.15) is 28.7 Å². The molecule has 4 aliphatic rings. The number of carbonyl (C=O) groups is 3. The first kappa shape index (κ1) is 47.3. The maximum absolute atomic E-state index is 16.3. The predicted molar refractivity (Wildman–Crippen MR) is 247 cm³/mol. The zero-order valence-electron chi connectivity index (χ0n) is 37.9. The largest absolute Gasteiger partial charge is 0.389 e. The van der Waals surface area contributed by atoms with E-state index in [4.69, 9.17) is 4.74 Å². The molecule has 24 heteroatoms. The van der Waals surface area contributed by atoms with Crippen molar-refractivity contribution in [2.75, 3.05) is 72.8 Å². The highest BCUT2D eigenvalue weighted by molar-refractivity contribution is 7.90.